The van der Waals surface area contributed by atoms with Crippen molar-refractivity contribution in [3.63, 3.8) is 0 Å². The number of benzene rings is 1. The van der Waals surface area contributed by atoms with Crippen LogP contribution in [-0.4, -0.2) is 31.3 Å². The number of carbonyl (C=O) groups excluding carboxylic acids is 1. The standard InChI is InChI=1S/C13H10F4O3/c14-12(15)13(16,17)7-19-6-9(18)11-5-8-3-1-2-4-10(8)20-11/h1-5,12H,6-7H2. The van der Waals surface area contributed by atoms with Gasteiger partial charge in [0, 0.05) is 5.39 Å². The number of ketones is 1. The number of rotatable bonds is 6. The van der Waals surface area contributed by atoms with Gasteiger partial charge in [0.05, 0.1) is 0 Å². The number of fused-ring (bicyclic) bond motifs is 1. The topological polar surface area (TPSA) is 39.4 Å². The largest absolute Gasteiger partial charge is 0.453 e. The van der Waals surface area contributed by atoms with E-state index in [1.165, 1.54) is 6.07 Å². The number of alkyl halides is 4. The van der Waals surface area contributed by atoms with E-state index in [2.05, 4.69) is 4.74 Å². The van der Waals surface area contributed by atoms with Gasteiger partial charge in [0.2, 0.25) is 5.78 Å². The van der Waals surface area contributed by atoms with E-state index in [1.54, 1.807) is 24.3 Å². The van der Waals surface area contributed by atoms with Crippen molar-refractivity contribution in [3.8, 4) is 0 Å². The van der Waals surface area contributed by atoms with Crippen molar-refractivity contribution < 1.29 is 31.5 Å². The number of hydrogen-bond donors (Lipinski definition) is 0. The molecule has 0 saturated heterocycles. The van der Waals surface area contributed by atoms with Crippen LogP contribution in [0.15, 0.2) is 34.7 Å². The normalized spacial score (nSPS) is 12.2. The Morgan fingerprint density at radius 3 is 2.65 bits per heavy atom. The van der Waals surface area contributed by atoms with Crippen LogP contribution in [0.2, 0.25) is 0 Å². The van der Waals surface area contributed by atoms with Crippen LogP contribution in [0.25, 0.3) is 11.0 Å². The number of para-hydroxylation sites is 1. The molecule has 1 heterocycles. The first-order valence-corrected chi connectivity index (χ1v) is 5.65. The molecule has 108 valence electrons. The Morgan fingerprint density at radius 2 is 2.00 bits per heavy atom. The van der Waals surface area contributed by atoms with Crippen molar-refractivity contribution in [2.24, 2.45) is 0 Å². The quantitative estimate of drug-likeness (QED) is 0.603. The molecule has 3 nitrogen and oxygen atoms in total. The lowest BCUT2D eigenvalue weighted by atomic mass is 10.2. The number of Topliss-reactive ketones (excluding diaryl/α,β-unsaturated/α-hetero) is 1. The lowest BCUT2D eigenvalue weighted by Crippen LogP contribution is -2.33. The molecule has 0 aliphatic rings. The highest BCUT2D eigenvalue weighted by Crippen LogP contribution is 2.23. The van der Waals surface area contributed by atoms with Crippen molar-refractivity contribution in [1.82, 2.24) is 0 Å². The maximum absolute atomic E-state index is 12.6. The summed E-state index contributed by atoms with van der Waals surface area (Å²) >= 11 is 0. The summed E-state index contributed by atoms with van der Waals surface area (Å²) in [5.41, 5.74) is 0.466. The number of furan rings is 1. The van der Waals surface area contributed by atoms with Crippen LogP contribution in [0.1, 0.15) is 10.6 Å². The molecule has 0 unspecified atom stereocenters. The molecule has 0 amide bonds. The molecule has 20 heavy (non-hydrogen) atoms. The van der Waals surface area contributed by atoms with Gasteiger partial charge in [0.1, 0.15) is 18.8 Å². The second-order valence-corrected chi connectivity index (χ2v) is 4.13. The van der Waals surface area contributed by atoms with Crippen LogP contribution in [0.3, 0.4) is 0 Å². The van der Waals surface area contributed by atoms with Crippen molar-refractivity contribution in [2.75, 3.05) is 13.2 Å². The molecule has 1 aromatic heterocycles. The summed E-state index contributed by atoms with van der Waals surface area (Å²) in [7, 11) is 0. The summed E-state index contributed by atoms with van der Waals surface area (Å²) in [6.07, 6.45) is -3.83. The molecule has 0 aliphatic carbocycles. The first-order chi connectivity index (χ1) is 9.40. The van der Waals surface area contributed by atoms with E-state index >= 15 is 0 Å². The first-order valence-electron chi connectivity index (χ1n) is 5.65. The third-order valence-electron chi connectivity index (χ3n) is 2.55. The van der Waals surface area contributed by atoms with Crippen LogP contribution in [0.4, 0.5) is 17.6 Å². The summed E-state index contributed by atoms with van der Waals surface area (Å²) in [6, 6.07) is 8.23. The van der Waals surface area contributed by atoms with Crippen LogP contribution >= 0.6 is 0 Å². The molecule has 1 aromatic carbocycles. The zero-order valence-corrected chi connectivity index (χ0v) is 10.1. The molecule has 0 fully saturated rings. The molecule has 0 radical (unpaired) electrons. The Balaban J connectivity index is 1.95. The Bertz CT molecular complexity index is 573. The highest BCUT2D eigenvalue weighted by atomic mass is 19.3. The predicted octanol–water partition coefficient (Wildman–Crippen LogP) is 3.53. The average molecular weight is 290 g/mol. The van der Waals surface area contributed by atoms with Gasteiger partial charge in [0.25, 0.3) is 0 Å². The number of halogens is 4. The molecule has 0 N–H and O–H groups in total. The van der Waals surface area contributed by atoms with Crippen LogP contribution in [0, 0.1) is 0 Å². The molecular formula is C13H10F4O3. The molecule has 0 atom stereocenters. The monoisotopic (exact) mass is 290 g/mol. The number of hydrogen-bond acceptors (Lipinski definition) is 3. The zero-order chi connectivity index (χ0) is 14.8. The highest BCUT2D eigenvalue weighted by molar-refractivity contribution is 5.98. The van der Waals surface area contributed by atoms with E-state index < -0.39 is 31.3 Å². The molecule has 0 aliphatic heterocycles. The molecule has 0 saturated carbocycles. The zero-order valence-electron chi connectivity index (χ0n) is 10.1. The van der Waals surface area contributed by atoms with E-state index in [0.717, 1.165) is 0 Å². The molecular weight excluding hydrogens is 280 g/mol. The molecule has 0 bridgehead atoms. The van der Waals surface area contributed by atoms with E-state index in [1.807, 2.05) is 0 Å². The van der Waals surface area contributed by atoms with E-state index in [4.69, 9.17) is 4.42 Å². The van der Waals surface area contributed by atoms with Crippen LogP contribution in [0.5, 0.6) is 0 Å². The number of ether oxygens (including phenoxy) is 1. The minimum Gasteiger partial charge on any atom is -0.453 e. The average Bonchev–Trinajstić information content (AvgIpc) is 2.82. The smallest absolute Gasteiger partial charge is 0.330 e. The summed E-state index contributed by atoms with van der Waals surface area (Å²) in [6.45, 7) is -2.27. The first kappa shape index (κ1) is 14.5. The minimum atomic E-state index is -4.27. The maximum Gasteiger partial charge on any atom is 0.330 e. The lowest BCUT2D eigenvalue weighted by Gasteiger charge is -2.14. The molecule has 2 aromatic rings. The second kappa shape index (κ2) is 5.62. The van der Waals surface area contributed by atoms with Crippen molar-refractivity contribution in [3.05, 3.63) is 36.1 Å². The van der Waals surface area contributed by atoms with Gasteiger partial charge in [-0.05, 0) is 12.1 Å². The van der Waals surface area contributed by atoms with Gasteiger partial charge in [-0.1, -0.05) is 18.2 Å². The summed E-state index contributed by atoms with van der Waals surface area (Å²) in [5.74, 6) is -5.02. The second-order valence-electron chi connectivity index (χ2n) is 4.13. The molecule has 7 heteroatoms. The fraction of sp³-hybridized carbons (Fsp3) is 0.308. The summed E-state index contributed by atoms with van der Waals surface area (Å²) in [4.78, 5) is 11.6. The van der Waals surface area contributed by atoms with Crippen molar-refractivity contribution >= 4 is 16.8 Å². The SMILES string of the molecule is O=C(COCC(F)(F)C(F)F)c1cc2ccccc2o1. The molecule has 2 rings (SSSR count). The summed E-state index contributed by atoms with van der Waals surface area (Å²) < 4.78 is 58.4. The Morgan fingerprint density at radius 1 is 1.30 bits per heavy atom. The maximum atomic E-state index is 12.6. The Hall–Kier alpha value is -1.89. The predicted molar refractivity (Wildman–Crippen MR) is 62.3 cm³/mol. The van der Waals surface area contributed by atoms with Gasteiger partial charge >= 0.3 is 12.3 Å². The van der Waals surface area contributed by atoms with Gasteiger partial charge < -0.3 is 9.15 Å². The lowest BCUT2D eigenvalue weighted by molar-refractivity contribution is -0.163. The van der Waals surface area contributed by atoms with Crippen LogP contribution < -0.4 is 0 Å². The Kier molecular flexibility index (Phi) is 4.08. The van der Waals surface area contributed by atoms with Gasteiger partial charge in [-0.25, -0.2) is 8.78 Å². The van der Waals surface area contributed by atoms with Crippen LogP contribution in [-0.2, 0) is 4.74 Å². The van der Waals surface area contributed by atoms with Gasteiger partial charge in [-0.3, -0.25) is 4.79 Å². The fourth-order valence-electron chi connectivity index (χ4n) is 1.53. The van der Waals surface area contributed by atoms with Crippen molar-refractivity contribution in [2.45, 2.75) is 12.3 Å². The number of carbonyl (C=O) groups is 1. The van der Waals surface area contributed by atoms with Gasteiger partial charge in [0.15, 0.2) is 5.76 Å². The summed E-state index contributed by atoms with van der Waals surface area (Å²) in [5, 5.41) is 0.675. The highest BCUT2D eigenvalue weighted by Gasteiger charge is 2.41. The third kappa shape index (κ3) is 3.16. The fourth-order valence-corrected chi connectivity index (χ4v) is 1.53. The minimum absolute atomic E-state index is 0.0634. The Labute approximate surface area is 111 Å². The van der Waals surface area contributed by atoms with E-state index in [-0.39, 0.29) is 5.76 Å². The van der Waals surface area contributed by atoms with Gasteiger partial charge in [-0.15, -0.1) is 0 Å². The third-order valence-corrected chi connectivity index (χ3v) is 2.55. The molecule has 0 spiro atoms. The van der Waals surface area contributed by atoms with E-state index in [9.17, 15) is 22.4 Å². The van der Waals surface area contributed by atoms with E-state index in [0.29, 0.717) is 11.0 Å². The van der Waals surface area contributed by atoms with Crippen molar-refractivity contribution in [1.29, 1.82) is 0 Å². The van der Waals surface area contributed by atoms with Gasteiger partial charge in [-0.2, -0.15) is 8.78 Å².